The van der Waals surface area contributed by atoms with Crippen LogP contribution in [-0.4, -0.2) is 39.4 Å². The predicted molar refractivity (Wildman–Crippen MR) is 130 cm³/mol. The summed E-state index contributed by atoms with van der Waals surface area (Å²) in [4.78, 5) is 24.5. The van der Waals surface area contributed by atoms with Crippen LogP contribution in [0.15, 0.2) is 73.3 Å². The number of hydrogen-bond donors (Lipinski definition) is 1. The average Bonchev–Trinajstić information content (AvgIpc) is 3.35. The van der Waals surface area contributed by atoms with E-state index in [2.05, 4.69) is 44.5 Å². The first kappa shape index (κ1) is 22.2. The van der Waals surface area contributed by atoms with E-state index in [4.69, 9.17) is 0 Å². The van der Waals surface area contributed by atoms with E-state index >= 15 is 0 Å². The summed E-state index contributed by atoms with van der Waals surface area (Å²) in [6, 6.07) is 18.1. The number of likely N-dealkylation sites (tertiary alicyclic amines) is 1. The number of nitrogens with one attached hydrogen (secondary N) is 1. The third-order valence-corrected chi connectivity index (χ3v) is 7.17. The molecule has 3 heterocycles. The van der Waals surface area contributed by atoms with Crippen LogP contribution in [0.3, 0.4) is 0 Å². The van der Waals surface area contributed by atoms with Crippen LogP contribution >= 0.6 is 0 Å². The van der Waals surface area contributed by atoms with Gasteiger partial charge in [-0.2, -0.15) is 5.26 Å². The standard InChI is InChI=1S/C28H29N5O/c29-17-20-6-1-7-21(16-20)27(33-15-5-12-25(33)28(34)32-24-10-2-11-24)26(22-8-3-13-30-18-22)23-9-4-14-31-19-23/h1,3-4,6-9,13-14,16,18-19,24-27H,2,5,10-12,15H2,(H,32,34)/t25-,27?/m0/s1. The molecule has 6 nitrogen and oxygen atoms in total. The van der Waals surface area contributed by atoms with Gasteiger partial charge in [0.2, 0.25) is 5.91 Å². The van der Waals surface area contributed by atoms with Crippen LogP contribution in [-0.2, 0) is 4.79 Å². The highest BCUT2D eigenvalue weighted by Crippen LogP contribution is 2.43. The van der Waals surface area contributed by atoms with Crippen molar-refractivity contribution in [1.29, 1.82) is 5.26 Å². The van der Waals surface area contributed by atoms with Crippen molar-refractivity contribution in [2.24, 2.45) is 0 Å². The summed E-state index contributed by atoms with van der Waals surface area (Å²) in [6.45, 7) is 0.821. The maximum Gasteiger partial charge on any atom is 0.237 e. The lowest BCUT2D eigenvalue weighted by Crippen LogP contribution is -2.50. The first-order valence-corrected chi connectivity index (χ1v) is 12.1. The van der Waals surface area contributed by atoms with Crippen LogP contribution in [0, 0.1) is 11.3 Å². The van der Waals surface area contributed by atoms with Gasteiger partial charge in [-0.1, -0.05) is 24.3 Å². The van der Waals surface area contributed by atoms with Gasteiger partial charge in [0.1, 0.15) is 0 Å². The largest absolute Gasteiger partial charge is 0.352 e. The molecule has 1 saturated heterocycles. The van der Waals surface area contributed by atoms with Crippen LogP contribution in [0.5, 0.6) is 0 Å². The number of amides is 1. The zero-order chi connectivity index (χ0) is 23.3. The van der Waals surface area contributed by atoms with Crippen molar-refractivity contribution < 1.29 is 4.79 Å². The van der Waals surface area contributed by atoms with Gasteiger partial charge in [-0.3, -0.25) is 19.7 Å². The summed E-state index contributed by atoms with van der Waals surface area (Å²) in [5.74, 6) is 0.0354. The minimum absolute atomic E-state index is 0.0894. The van der Waals surface area contributed by atoms with E-state index in [-0.39, 0.29) is 23.9 Å². The van der Waals surface area contributed by atoms with Gasteiger partial charge in [-0.15, -0.1) is 0 Å². The van der Waals surface area contributed by atoms with Crippen molar-refractivity contribution in [2.45, 2.75) is 56.1 Å². The van der Waals surface area contributed by atoms with E-state index in [0.717, 1.165) is 48.9 Å². The van der Waals surface area contributed by atoms with Gasteiger partial charge >= 0.3 is 0 Å². The maximum atomic E-state index is 13.4. The van der Waals surface area contributed by atoms with Gasteiger partial charge in [0.25, 0.3) is 0 Å². The Kier molecular flexibility index (Phi) is 6.64. The second kappa shape index (κ2) is 10.1. The highest BCUT2D eigenvalue weighted by Gasteiger charge is 2.41. The summed E-state index contributed by atoms with van der Waals surface area (Å²) in [5.41, 5.74) is 3.77. The predicted octanol–water partition coefficient (Wildman–Crippen LogP) is 4.35. The van der Waals surface area contributed by atoms with Crippen LogP contribution in [0.2, 0.25) is 0 Å². The van der Waals surface area contributed by atoms with Gasteiger partial charge in [0.15, 0.2) is 0 Å². The zero-order valence-electron chi connectivity index (χ0n) is 19.2. The summed E-state index contributed by atoms with van der Waals surface area (Å²) >= 11 is 0. The molecule has 1 amide bonds. The third-order valence-electron chi connectivity index (χ3n) is 7.17. The number of benzene rings is 1. The van der Waals surface area contributed by atoms with Crippen LogP contribution in [0.25, 0.3) is 0 Å². The molecule has 1 aliphatic heterocycles. The fourth-order valence-corrected chi connectivity index (χ4v) is 5.30. The van der Waals surface area contributed by atoms with Gasteiger partial charge in [-0.05, 0) is 79.6 Å². The molecular weight excluding hydrogens is 422 g/mol. The minimum atomic E-state index is -0.202. The number of rotatable bonds is 7. The van der Waals surface area contributed by atoms with E-state index < -0.39 is 0 Å². The molecule has 34 heavy (non-hydrogen) atoms. The summed E-state index contributed by atoms with van der Waals surface area (Å²) in [5, 5.41) is 12.9. The van der Waals surface area contributed by atoms with Crippen molar-refractivity contribution >= 4 is 5.91 Å². The SMILES string of the molecule is N#Cc1cccc(C(C(c2cccnc2)c2cccnc2)N2CCC[C@H]2C(=O)NC2CCC2)c1. The molecule has 2 fully saturated rings. The number of hydrogen-bond acceptors (Lipinski definition) is 5. The first-order chi connectivity index (χ1) is 16.7. The molecule has 6 heteroatoms. The van der Waals surface area contributed by atoms with Gasteiger partial charge < -0.3 is 5.32 Å². The van der Waals surface area contributed by atoms with Crippen molar-refractivity contribution in [3.05, 3.63) is 95.6 Å². The third kappa shape index (κ3) is 4.57. The molecule has 1 aliphatic carbocycles. The molecule has 0 bridgehead atoms. The topological polar surface area (TPSA) is 81.9 Å². The molecule has 2 aromatic heterocycles. The van der Waals surface area contributed by atoms with E-state index in [9.17, 15) is 10.1 Å². The van der Waals surface area contributed by atoms with Crippen molar-refractivity contribution in [2.75, 3.05) is 6.54 Å². The minimum Gasteiger partial charge on any atom is -0.352 e. The van der Waals surface area contributed by atoms with Gasteiger partial charge in [0, 0.05) is 42.8 Å². The molecule has 5 rings (SSSR count). The Balaban J connectivity index is 1.61. The normalized spacial score (nSPS) is 19.4. The molecule has 0 radical (unpaired) electrons. The summed E-state index contributed by atoms with van der Waals surface area (Å²) in [7, 11) is 0. The number of carbonyl (C=O) groups excluding carboxylic acids is 1. The summed E-state index contributed by atoms with van der Waals surface area (Å²) in [6.07, 6.45) is 12.5. The summed E-state index contributed by atoms with van der Waals surface area (Å²) < 4.78 is 0. The molecule has 1 aromatic carbocycles. The molecule has 2 atom stereocenters. The van der Waals surface area contributed by atoms with E-state index in [1.807, 2.05) is 42.7 Å². The lowest BCUT2D eigenvalue weighted by atomic mass is 9.81. The number of carbonyl (C=O) groups is 1. The highest BCUT2D eigenvalue weighted by molar-refractivity contribution is 5.82. The Labute approximate surface area is 200 Å². The van der Waals surface area contributed by atoms with Crippen LogP contribution < -0.4 is 5.32 Å². The smallest absolute Gasteiger partial charge is 0.237 e. The number of aromatic nitrogens is 2. The number of nitriles is 1. The van der Waals surface area contributed by atoms with Crippen LogP contribution in [0.4, 0.5) is 0 Å². The van der Waals surface area contributed by atoms with E-state index in [1.165, 1.54) is 6.42 Å². The van der Waals surface area contributed by atoms with Gasteiger partial charge in [0.05, 0.1) is 17.7 Å². The fourth-order valence-electron chi connectivity index (χ4n) is 5.30. The molecule has 1 saturated carbocycles. The second-order valence-corrected chi connectivity index (χ2v) is 9.26. The van der Waals surface area contributed by atoms with Crippen LogP contribution in [0.1, 0.15) is 66.3 Å². The average molecular weight is 452 g/mol. The Bertz CT molecular complexity index is 1120. The van der Waals surface area contributed by atoms with Gasteiger partial charge in [-0.25, -0.2) is 0 Å². The monoisotopic (exact) mass is 451 g/mol. The maximum absolute atomic E-state index is 13.4. The molecule has 1 unspecified atom stereocenters. The highest BCUT2D eigenvalue weighted by atomic mass is 16.2. The molecule has 3 aromatic rings. The number of pyridine rings is 2. The molecule has 2 aliphatic rings. The van der Waals surface area contributed by atoms with Crippen molar-refractivity contribution in [3.63, 3.8) is 0 Å². The Morgan fingerprint density at radius 2 is 1.68 bits per heavy atom. The molecule has 1 N–H and O–H groups in total. The molecule has 0 spiro atoms. The Hall–Kier alpha value is -3.56. The van der Waals surface area contributed by atoms with E-state index in [1.54, 1.807) is 12.4 Å². The second-order valence-electron chi connectivity index (χ2n) is 9.26. The zero-order valence-corrected chi connectivity index (χ0v) is 19.2. The van der Waals surface area contributed by atoms with E-state index in [0.29, 0.717) is 11.6 Å². The van der Waals surface area contributed by atoms with Crippen molar-refractivity contribution in [3.8, 4) is 6.07 Å². The number of nitrogens with zero attached hydrogens (tertiary/aromatic N) is 4. The molecular formula is C28H29N5O. The first-order valence-electron chi connectivity index (χ1n) is 12.1. The lowest BCUT2D eigenvalue weighted by molar-refractivity contribution is -0.127. The fraction of sp³-hybridized carbons (Fsp3) is 0.357. The Morgan fingerprint density at radius 1 is 0.971 bits per heavy atom. The quantitative estimate of drug-likeness (QED) is 0.577. The lowest BCUT2D eigenvalue weighted by Gasteiger charge is -2.39. The van der Waals surface area contributed by atoms with Crippen molar-refractivity contribution in [1.82, 2.24) is 20.2 Å². The molecule has 172 valence electrons. The Morgan fingerprint density at radius 3 is 2.26 bits per heavy atom.